The molecule has 0 bridgehead atoms. The molecule has 1 aliphatic heterocycles. The molecule has 1 aliphatic rings. The van der Waals surface area contributed by atoms with E-state index in [1.165, 1.54) is 9.79 Å². The van der Waals surface area contributed by atoms with E-state index in [0.29, 0.717) is 12.0 Å². The molecule has 0 saturated heterocycles. The van der Waals surface area contributed by atoms with Crippen LogP contribution in [0, 0.1) is 5.92 Å². The van der Waals surface area contributed by atoms with Crippen LogP contribution in [0.3, 0.4) is 0 Å². The number of rotatable bonds is 7. The van der Waals surface area contributed by atoms with Gasteiger partial charge in [-0.05, 0) is 36.7 Å². The lowest BCUT2D eigenvalue weighted by atomic mass is 10.2. The molecule has 1 unspecified atom stereocenters. The smallest absolute Gasteiger partial charge is 0.132 e. The van der Waals surface area contributed by atoms with Crippen molar-refractivity contribution in [2.75, 3.05) is 31.8 Å². The first-order valence-electron chi connectivity index (χ1n) is 8.60. The third-order valence-corrected chi connectivity index (χ3v) is 6.68. The lowest BCUT2D eigenvalue weighted by Crippen LogP contribution is -2.39. The SMILES string of the molecule is COc1ccccc1SC[C@H](C)CNC1COc2ccccc2SC1. The summed E-state index contributed by atoms with van der Waals surface area (Å²) >= 11 is 3.73. The molecule has 134 valence electrons. The van der Waals surface area contributed by atoms with Gasteiger partial charge in [-0.15, -0.1) is 23.5 Å². The fourth-order valence-electron chi connectivity index (χ4n) is 2.63. The molecule has 0 aliphatic carbocycles. The van der Waals surface area contributed by atoms with Crippen molar-refractivity contribution in [2.24, 2.45) is 5.92 Å². The molecule has 0 fully saturated rings. The van der Waals surface area contributed by atoms with Crippen LogP contribution in [0.4, 0.5) is 0 Å². The minimum absolute atomic E-state index is 0.385. The van der Waals surface area contributed by atoms with E-state index in [4.69, 9.17) is 9.47 Å². The molecule has 2 atom stereocenters. The highest BCUT2D eigenvalue weighted by molar-refractivity contribution is 7.99. The van der Waals surface area contributed by atoms with Crippen molar-refractivity contribution < 1.29 is 9.47 Å². The van der Waals surface area contributed by atoms with Crippen molar-refractivity contribution in [3.63, 3.8) is 0 Å². The minimum Gasteiger partial charge on any atom is -0.496 e. The van der Waals surface area contributed by atoms with Gasteiger partial charge >= 0.3 is 0 Å². The van der Waals surface area contributed by atoms with Gasteiger partial charge in [0.2, 0.25) is 0 Å². The van der Waals surface area contributed by atoms with Crippen LogP contribution in [0.15, 0.2) is 58.3 Å². The van der Waals surface area contributed by atoms with Gasteiger partial charge in [0, 0.05) is 21.3 Å². The summed E-state index contributed by atoms with van der Waals surface area (Å²) < 4.78 is 11.4. The van der Waals surface area contributed by atoms with Gasteiger partial charge in [0.25, 0.3) is 0 Å². The number of benzene rings is 2. The van der Waals surface area contributed by atoms with Crippen molar-refractivity contribution in [3.05, 3.63) is 48.5 Å². The molecule has 1 heterocycles. The van der Waals surface area contributed by atoms with Gasteiger partial charge in [-0.1, -0.05) is 31.2 Å². The summed E-state index contributed by atoms with van der Waals surface area (Å²) in [5.41, 5.74) is 0. The highest BCUT2D eigenvalue weighted by Gasteiger charge is 2.17. The third-order valence-electron chi connectivity index (χ3n) is 4.08. The Balaban J connectivity index is 1.43. The summed E-state index contributed by atoms with van der Waals surface area (Å²) in [4.78, 5) is 2.45. The summed E-state index contributed by atoms with van der Waals surface area (Å²) in [6, 6.07) is 16.9. The van der Waals surface area contributed by atoms with Gasteiger partial charge in [0.15, 0.2) is 0 Å². The van der Waals surface area contributed by atoms with Crippen molar-refractivity contribution in [1.29, 1.82) is 0 Å². The zero-order valence-electron chi connectivity index (χ0n) is 14.7. The Bertz CT molecular complexity index is 653. The summed E-state index contributed by atoms with van der Waals surface area (Å²) in [6.07, 6.45) is 0. The molecule has 0 spiro atoms. The molecule has 2 aromatic carbocycles. The second-order valence-corrected chi connectivity index (χ2v) is 8.36. The Hall–Kier alpha value is -1.30. The first-order chi connectivity index (χ1) is 12.3. The monoisotopic (exact) mass is 375 g/mol. The summed E-state index contributed by atoms with van der Waals surface area (Å²) in [5.74, 6) is 4.65. The average molecular weight is 376 g/mol. The fourth-order valence-corrected chi connectivity index (χ4v) is 4.72. The standard InChI is InChI=1S/C20H25NO2S2/c1-15(13-24-19-9-5-3-7-17(19)22-2)11-21-16-12-23-18-8-4-6-10-20(18)25-14-16/h3-10,15-16,21H,11-14H2,1-2H3/t15-,16?/m1/s1. The highest BCUT2D eigenvalue weighted by atomic mass is 32.2. The molecular weight excluding hydrogens is 350 g/mol. The molecule has 1 N–H and O–H groups in total. The first-order valence-corrected chi connectivity index (χ1v) is 10.6. The van der Waals surface area contributed by atoms with Crippen LogP contribution in [0.25, 0.3) is 0 Å². The van der Waals surface area contributed by atoms with Crippen LogP contribution in [-0.2, 0) is 0 Å². The van der Waals surface area contributed by atoms with E-state index < -0.39 is 0 Å². The molecule has 3 nitrogen and oxygen atoms in total. The van der Waals surface area contributed by atoms with E-state index in [2.05, 4.69) is 42.6 Å². The van der Waals surface area contributed by atoms with Gasteiger partial charge in [-0.2, -0.15) is 0 Å². The van der Waals surface area contributed by atoms with Gasteiger partial charge < -0.3 is 14.8 Å². The minimum atomic E-state index is 0.385. The van der Waals surface area contributed by atoms with Crippen LogP contribution >= 0.6 is 23.5 Å². The summed E-state index contributed by atoms with van der Waals surface area (Å²) in [5, 5.41) is 3.67. The van der Waals surface area contributed by atoms with Crippen molar-refractivity contribution in [3.8, 4) is 11.5 Å². The zero-order chi connectivity index (χ0) is 17.5. The Kier molecular flexibility index (Phi) is 6.96. The molecule has 0 saturated carbocycles. The maximum atomic E-state index is 5.95. The maximum Gasteiger partial charge on any atom is 0.132 e. The lowest BCUT2D eigenvalue weighted by Gasteiger charge is -2.19. The van der Waals surface area contributed by atoms with E-state index in [9.17, 15) is 0 Å². The molecule has 25 heavy (non-hydrogen) atoms. The number of hydrogen-bond acceptors (Lipinski definition) is 5. The quantitative estimate of drug-likeness (QED) is 0.717. The number of nitrogens with one attached hydrogen (secondary N) is 1. The van der Waals surface area contributed by atoms with Crippen LogP contribution in [-0.4, -0.2) is 37.8 Å². The average Bonchev–Trinajstić information content (AvgIpc) is 2.87. The predicted molar refractivity (Wildman–Crippen MR) is 107 cm³/mol. The second kappa shape index (κ2) is 9.41. The molecular formula is C20H25NO2S2. The largest absolute Gasteiger partial charge is 0.496 e. The van der Waals surface area contributed by atoms with E-state index in [1.54, 1.807) is 7.11 Å². The Morgan fingerprint density at radius 1 is 1.24 bits per heavy atom. The molecule has 0 aromatic heterocycles. The van der Waals surface area contributed by atoms with Crippen LogP contribution in [0.1, 0.15) is 6.92 Å². The number of thioether (sulfide) groups is 2. The maximum absolute atomic E-state index is 5.95. The van der Waals surface area contributed by atoms with Crippen molar-refractivity contribution >= 4 is 23.5 Å². The zero-order valence-corrected chi connectivity index (χ0v) is 16.4. The molecule has 0 radical (unpaired) electrons. The number of methoxy groups -OCH3 is 1. The van der Waals surface area contributed by atoms with E-state index in [1.807, 2.05) is 41.7 Å². The van der Waals surface area contributed by atoms with E-state index >= 15 is 0 Å². The van der Waals surface area contributed by atoms with E-state index in [-0.39, 0.29) is 0 Å². The summed E-state index contributed by atoms with van der Waals surface area (Å²) in [7, 11) is 1.73. The van der Waals surface area contributed by atoms with E-state index in [0.717, 1.165) is 36.2 Å². The highest BCUT2D eigenvalue weighted by Crippen LogP contribution is 2.32. The molecule has 5 heteroatoms. The number of fused-ring (bicyclic) bond motifs is 1. The fraction of sp³-hybridized carbons (Fsp3) is 0.400. The Labute approximate surface area is 158 Å². The van der Waals surface area contributed by atoms with Crippen molar-refractivity contribution in [2.45, 2.75) is 22.8 Å². The second-order valence-electron chi connectivity index (χ2n) is 6.24. The van der Waals surface area contributed by atoms with Gasteiger partial charge in [0.05, 0.1) is 13.2 Å². The van der Waals surface area contributed by atoms with Gasteiger partial charge in [-0.3, -0.25) is 0 Å². The predicted octanol–water partition coefficient (Wildman–Crippen LogP) is 4.57. The van der Waals surface area contributed by atoms with Crippen LogP contribution in [0.2, 0.25) is 0 Å². The number of para-hydroxylation sites is 2. The van der Waals surface area contributed by atoms with Gasteiger partial charge in [0.1, 0.15) is 18.1 Å². The van der Waals surface area contributed by atoms with Crippen molar-refractivity contribution in [1.82, 2.24) is 5.32 Å². The Morgan fingerprint density at radius 3 is 2.92 bits per heavy atom. The third kappa shape index (κ3) is 5.33. The lowest BCUT2D eigenvalue weighted by molar-refractivity contribution is 0.270. The number of hydrogen-bond donors (Lipinski definition) is 1. The Morgan fingerprint density at radius 2 is 2.04 bits per heavy atom. The van der Waals surface area contributed by atoms with Crippen LogP contribution < -0.4 is 14.8 Å². The normalized spacial score (nSPS) is 17.9. The number of ether oxygens (including phenoxy) is 2. The molecule has 2 aromatic rings. The topological polar surface area (TPSA) is 30.5 Å². The molecule has 3 rings (SSSR count). The molecule has 0 amide bonds. The van der Waals surface area contributed by atoms with Gasteiger partial charge in [-0.25, -0.2) is 0 Å². The summed E-state index contributed by atoms with van der Waals surface area (Å²) in [6.45, 7) is 4.01. The first kappa shape index (κ1) is 18.5. The van der Waals surface area contributed by atoms with Crippen LogP contribution in [0.5, 0.6) is 11.5 Å².